The number of halogens is 1. The van der Waals surface area contributed by atoms with E-state index in [0.29, 0.717) is 12.1 Å². The summed E-state index contributed by atoms with van der Waals surface area (Å²) < 4.78 is 19.3. The molecule has 2 N–H and O–H groups in total. The fraction of sp³-hybridized carbons (Fsp3) is 0.231. The molecule has 6 nitrogen and oxygen atoms in total. The molecule has 0 heterocycles. The number of rotatable bonds is 9. The zero-order chi connectivity index (χ0) is 23.8. The summed E-state index contributed by atoms with van der Waals surface area (Å²) in [5.74, 6) is -1.09. The third-order valence-corrected chi connectivity index (χ3v) is 5.18. The molecule has 0 spiro atoms. The van der Waals surface area contributed by atoms with Crippen LogP contribution in [0, 0.1) is 12.7 Å². The van der Waals surface area contributed by atoms with Crippen molar-refractivity contribution in [3.05, 3.63) is 95.3 Å². The average Bonchev–Trinajstić information content (AvgIpc) is 2.80. The number of ether oxygens (including phenoxy) is 1. The summed E-state index contributed by atoms with van der Waals surface area (Å²) in [5.41, 5.74) is 2.66. The number of carbonyl (C=O) groups is 2. The number of hydrogen-bond donors (Lipinski definition) is 2. The van der Waals surface area contributed by atoms with Crippen LogP contribution in [-0.2, 0) is 4.79 Å². The molecule has 3 aromatic carbocycles. The highest BCUT2D eigenvalue weighted by atomic mass is 19.1. The number of carbonyl (C=O) groups excluding carboxylic acids is 2. The average molecular weight is 450 g/mol. The zero-order valence-electron chi connectivity index (χ0n) is 19.0. The molecule has 0 aliphatic heterocycles. The van der Waals surface area contributed by atoms with Gasteiger partial charge in [0.05, 0.1) is 17.3 Å². The lowest BCUT2D eigenvalue weighted by Crippen LogP contribution is -2.34. The van der Waals surface area contributed by atoms with Crippen LogP contribution in [0.3, 0.4) is 0 Å². The number of nitrogens with zero attached hydrogens (tertiary/aromatic N) is 1. The van der Waals surface area contributed by atoms with Gasteiger partial charge < -0.3 is 20.3 Å². The van der Waals surface area contributed by atoms with Crippen molar-refractivity contribution in [1.82, 2.24) is 10.2 Å². The lowest BCUT2D eigenvalue weighted by molar-refractivity contribution is -0.118. The number of amides is 2. The second-order valence-corrected chi connectivity index (χ2v) is 7.91. The van der Waals surface area contributed by atoms with Gasteiger partial charge in [-0.05, 0) is 50.8 Å². The van der Waals surface area contributed by atoms with Gasteiger partial charge in [0.15, 0.2) is 6.61 Å². The van der Waals surface area contributed by atoms with E-state index in [1.165, 1.54) is 23.8 Å². The van der Waals surface area contributed by atoms with Crippen LogP contribution in [0.2, 0.25) is 0 Å². The van der Waals surface area contributed by atoms with Gasteiger partial charge in [0.25, 0.3) is 11.8 Å². The van der Waals surface area contributed by atoms with Gasteiger partial charge in [-0.2, -0.15) is 0 Å². The summed E-state index contributed by atoms with van der Waals surface area (Å²) in [5, 5.41) is 5.42. The van der Waals surface area contributed by atoms with Crippen molar-refractivity contribution in [1.29, 1.82) is 0 Å². The van der Waals surface area contributed by atoms with E-state index in [0.717, 1.165) is 5.56 Å². The Morgan fingerprint density at radius 1 is 0.970 bits per heavy atom. The predicted octanol–water partition coefficient (Wildman–Crippen LogP) is 4.18. The Bertz CT molecular complexity index is 1100. The van der Waals surface area contributed by atoms with Gasteiger partial charge in [-0.1, -0.05) is 54.1 Å². The Balaban J connectivity index is 1.62. The van der Waals surface area contributed by atoms with E-state index >= 15 is 0 Å². The number of likely N-dealkylation sites (N-methyl/N-ethyl adjacent to an activating group) is 1. The van der Waals surface area contributed by atoms with Crippen LogP contribution in [0.1, 0.15) is 27.5 Å². The maximum absolute atomic E-state index is 13.7. The molecule has 0 saturated carbocycles. The summed E-state index contributed by atoms with van der Waals surface area (Å²) in [4.78, 5) is 27.1. The van der Waals surface area contributed by atoms with Crippen LogP contribution in [-0.4, -0.2) is 44.0 Å². The summed E-state index contributed by atoms with van der Waals surface area (Å²) in [6.45, 7) is 2.07. The third-order valence-electron chi connectivity index (χ3n) is 5.18. The van der Waals surface area contributed by atoms with E-state index in [-0.39, 0.29) is 30.0 Å². The van der Waals surface area contributed by atoms with E-state index in [4.69, 9.17) is 4.74 Å². The first-order chi connectivity index (χ1) is 15.8. The van der Waals surface area contributed by atoms with Crippen LogP contribution < -0.4 is 15.4 Å². The van der Waals surface area contributed by atoms with Gasteiger partial charge in [0, 0.05) is 6.54 Å². The second-order valence-electron chi connectivity index (χ2n) is 7.91. The van der Waals surface area contributed by atoms with Crippen molar-refractivity contribution in [3.8, 4) is 5.75 Å². The fourth-order valence-electron chi connectivity index (χ4n) is 3.34. The second kappa shape index (κ2) is 11.2. The van der Waals surface area contributed by atoms with Crippen LogP contribution >= 0.6 is 0 Å². The van der Waals surface area contributed by atoms with Crippen LogP contribution in [0.15, 0.2) is 72.8 Å². The lowest BCUT2D eigenvalue weighted by atomic mass is 10.0. The van der Waals surface area contributed by atoms with Crippen molar-refractivity contribution < 1.29 is 18.7 Å². The number of aryl methyl sites for hydroxylation is 1. The molecule has 0 saturated heterocycles. The molecule has 0 radical (unpaired) electrons. The molecule has 0 bridgehead atoms. The number of nitrogens with one attached hydrogen (secondary N) is 2. The minimum atomic E-state index is -0.533. The quantitative estimate of drug-likeness (QED) is 0.514. The number of benzene rings is 3. The van der Waals surface area contributed by atoms with Crippen molar-refractivity contribution in [3.63, 3.8) is 0 Å². The minimum absolute atomic E-state index is 0.00539. The molecule has 0 aromatic heterocycles. The molecule has 172 valence electrons. The van der Waals surface area contributed by atoms with E-state index < -0.39 is 11.7 Å². The SMILES string of the molecule is Cc1ccc(C(CNC(=O)c2ccccc2OCC(=O)Nc2ccccc2F)N(C)C)cc1. The number of para-hydroxylation sites is 2. The van der Waals surface area contributed by atoms with Gasteiger partial charge >= 0.3 is 0 Å². The van der Waals surface area contributed by atoms with Gasteiger partial charge in [0.2, 0.25) is 0 Å². The Labute approximate surface area is 193 Å². The monoisotopic (exact) mass is 449 g/mol. The molecular formula is C26H28FN3O3. The van der Waals surface area contributed by atoms with Crippen LogP contribution in [0.25, 0.3) is 0 Å². The fourth-order valence-corrected chi connectivity index (χ4v) is 3.34. The van der Waals surface area contributed by atoms with E-state index in [1.54, 1.807) is 30.3 Å². The van der Waals surface area contributed by atoms with Gasteiger partial charge in [0.1, 0.15) is 11.6 Å². The van der Waals surface area contributed by atoms with Crippen LogP contribution in [0.5, 0.6) is 5.75 Å². The molecule has 7 heteroatoms. The normalized spacial score (nSPS) is 11.7. The topological polar surface area (TPSA) is 70.7 Å². The first-order valence-corrected chi connectivity index (χ1v) is 10.6. The van der Waals surface area contributed by atoms with Gasteiger partial charge in [-0.25, -0.2) is 4.39 Å². The summed E-state index contributed by atoms with van der Waals surface area (Å²) in [6.07, 6.45) is 0. The summed E-state index contributed by atoms with van der Waals surface area (Å²) in [6, 6.07) is 20.8. The molecule has 1 atom stereocenters. The van der Waals surface area contributed by atoms with Gasteiger partial charge in [-0.3, -0.25) is 9.59 Å². The number of hydrogen-bond acceptors (Lipinski definition) is 4. The number of anilines is 1. The maximum atomic E-state index is 13.7. The summed E-state index contributed by atoms with van der Waals surface area (Å²) in [7, 11) is 3.92. The largest absolute Gasteiger partial charge is 0.483 e. The van der Waals surface area contributed by atoms with Crippen molar-refractivity contribution in [2.45, 2.75) is 13.0 Å². The third kappa shape index (κ3) is 6.63. The van der Waals surface area contributed by atoms with Crippen molar-refractivity contribution in [2.75, 3.05) is 32.6 Å². The standard InChI is InChI=1S/C26H28FN3O3/c1-18-12-14-19(15-13-18)23(30(2)3)16-28-26(32)20-8-4-7-11-24(20)33-17-25(31)29-22-10-6-5-9-21(22)27/h4-15,23H,16-17H2,1-3H3,(H,28,32)(H,29,31). The Morgan fingerprint density at radius 3 is 2.33 bits per heavy atom. The van der Waals surface area contributed by atoms with E-state index in [9.17, 15) is 14.0 Å². The molecule has 2 amide bonds. The first-order valence-electron chi connectivity index (χ1n) is 10.6. The van der Waals surface area contributed by atoms with Gasteiger partial charge in [-0.15, -0.1) is 0 Å². The van der Waals surface area contributed by atoms with E-state index in [2.05, 4.69) is 22.8 Å². The Morgan fingerprint density at radius 2 is 1.64 bits per heavy atom. The smallest absolute Gasteiger partial charge is 0.262 e. The highest BCUT2D eigenvalue weighted by molar-refractivity contribution is 5.97. The van der Waals surface area contributed by atoms with Crippen molar-refractivity contribution in [2.24, 2.45) is 0 Å². The lowest BCUT2D eigenvalue weighted by Gasteiger charge is -2.25. The molecule has 0 aliphatic carbocycles. The molecule has 0 aliphatic rings. The Hall–Kier alpha value is -3.71. The molecule has 0 fully saturated rings. The Kier molecular flexibility index (Phi) is 8.16. The van der Waals surface area contributed by atoms with E-state index in [1.807, 2.05) is 38.1 Å². The summed E-state index contributed by atoms with van der Waals surface area (Å²) >= 11 is 0. The van der Waals surface area contributed by atoms with Crippen LogP contribution in [0.4, 0.5) is 10.1 Å². The highest BCUT2D eigenvalue weighted by Crippen LogP contribution is 2.21. The predicted molar refractivity (Wildman–Crippen MR) is 127 cm³/mol. The highest BCUT2D eigenvalue weighted by Gasteiger charge is 2.18. The first kappa shape index (κ1) is 23.9. The van der Waals surface area contributed by atoms with Crippen molar-refractivity contribution >= 4 is 17.5 Å². The zero-order valence-corrected chi connectivity index (χ0v) is 19.0. The molecule has 33 heavy (non-hydrogen) atoms. The molecular weight excluding hydrogens is 421 g/mol. The molecule has 3 aromatic rings. The molecule has 1 unspecified atom stereocenters. The minimum Gasteiger partial charge on any atom is -0.483 e. The molecule has 3 rings (SSSR count). The maximum Gasteiger partial charge on any atom is 0.262 e.